The first-order chi connectivity index (χ1) is 10.4. The molecular formula is C17H24N2O3. The number of carbonyl (C=O) groups is 2. The van der Waals surface area contributed by atoms with Crippen molar-refractivity contribution in [2.75, 3.05) is 33.3 Å². The van der Waals surface area contributed by atoms with E-state index in [4.69, 9.17) is 4.74 Å². The Balaban J connectivity index is 2.05. The van der Waals surface area contributed by atoms with Gasteiger partial charge in [-0.25, -0.2) is 0 Å². The van der Waals surface area contributed by atoms with Crippen LogP contribution >= 0.6 is 0 Å². The Morgan fingerprint density at radius 3 is 2.23 bits per heavy atom. The summed E-state index contributed by atoms with van der Waals surface area (Å²) < 4.78 is 5.44. The van der Waals surface area contributed by atoms with E-state index < -0.39 is 0 Å². The van der Waals surface area contributed by atoms with Gasteiger partial charge in [0.2, 0.25) is 11.8 Å². The molecule has 1 saturated heterocycles. The van der Waals surface area contributed by atoms with E-state index >= 15 is 0 Å². The quantitative estimate of drug-likeness (QED) is 0.851. The van der Waals surface area contributed by atoms with Crippen molar-refractivity contribution in [3.8, 4) is 5.75 Å². The van der Waals surface area contributed by atoms with Gasteiger partial charge in [0, 0.05) is 38.7 Å². The minimum atomic E-state index is 0.0723. The van der Waals surface area contributed by atoms with Gasteiger partial charge in [-0.1, -0.05) is 17.7 Å². The average Bonchev–Trinajstić information content (AvgIpc) is 2.47. The van der Waals surface area contributed by atoms with E-state index in [9.17, 15) is 9.59 Å². The SMILES string of the molecule is COc1c(C)cc(C)cc1CC(=O)N1CCN(C(C)=O)CC1. The predicted molar refractivity (Wildman–Crippen MR) is 85.0 cm³/mol. The van der Waals surface area contributed by atoms with Gasteiger partial charge in [-0.05, 0) is 19.4 Å². The standard InChI is InChI=1S/C17H24N2O3/c1-12-9-13(2)17(22-4)15(10-12)11-16(21)19-7-5-18(6-8-19)14(3)20/h9-10H,5-8,11H2,1-4H3. The number of carbonyl (C=O) groups excluding carboxylic acids is 2. The predicted octanol–water partition coefficient (Wildman–Crippen LogP) is 1.55. The largest absolute Gasteiger partial charge is 0.496 e. The first-order valence-corrected chi connectivity index (χ1v) is 7.59. The van der Waals surface area contributed by atoms with Crippen LogP contribution < -0.4 is 4.74 Å². The lowest BCUT2D eigenvalue weighted by atomic mass is 10.0. The lowest BCUT2D eigenvalue weighted by Gasteiger charge is -2.34. The van der Waals surface area contributed by atoms with Crippen LogP contribution in [0.2, 0.25) is 0 Å². The molecular weight excluding hydrogens is 280 g/mol. The number of rotatable bonds is 3. The van der Waals surface area contributed by atoms with Gasteiger partial charge in [0.15, 0.2) is 0 Å². The van der Waals surface area contributed by atoms with E-state index in [2.05, 4.69) is 6.07 Å². The van der Waals surface area contributed by atoms with Crippen molar-refractivity contribution in [3.63, 3.8) is 0 Å². The van der Waals surface area contributed by atoms with E-state index in [-0.39, 0.29) is 11.8 Å². The van der Waals surface area contributed by atoms with Gasteiger partial charge in [0.05, 0.1) is 13.5 Å². The number of methoxy groups -OCH3 is 1. The fourth-order valence-electron chi connectivity index (χ4n) is 3.01. The summed E-state index contributed by atoms with van der Waals surface area (Å²) in [6.07, 6.45) is 0.339. The molecule has 22 heavy (non-hydrogen) atoms. The molecule has 1 aromatic carbocycles. The van der Waals surface area contributed by atoms with Gasteiger partial charge >= 0.3 is 0 Å². The summed E-state index contributed by atoms with van der Waals surface area (Å²) in [5, 5.41) is 0. The first kappa shape index (κ1) is 16.3. The lowest BCUT2D eigenvalue weighted by Crippen LogP contribution is -2.50. The summed E-state index contributed by atoms with van der Waals surface area (Å²) in [4.78, 5) is 27.4. The number of benzene rings is 1. The molecule has 0 aromatic heterocycles. The van der Waals surface area contributed by atoms with Gasteiger partial charge in [-0.3, -0.25) is 9.59 Å². The minimum Gasteiger partial charge on any atom is -0.496 e. The van der Waals surface area contributed by atoms with Crippen molar-refractivity contribution in [2.45, 2.75) is 27.2 Å². The number of piperazine rings is 1. The molecule has 1 heterocycles. The highest BCUT2D eigenvalue weighted by molar-refractivity contribution is 5.80. The molecule has 2 rings (SSSR count). The van der Waals surface area contributed by atoms with E-state index in [1.54, 1.807) is 18.9 Å². The summed E-state index contributed by atoms with van der Waals surface area (Å²) in [6.45, 7) is 8.02. The zero-order chi connectivity index (χ0) is 16.3. The maximum atomic E-state index is 12.5. The van der Waals surface area contributed by atoms with Crippen LogP contribution in [-0.2, 0) is 16.0 Å². The van der Waals surface area contributed by atoms with Crippen LogP contribution in [0.3, 0.4) is 0 Å². The summed E-state index contributed by atoms with van der Waals surface area (Å²) in [6, 6.07) is 4.06. The van der Waals surface area contributed by atoms with Gasteiger partial charge < -0.3 is 14.5 Å². The van der Waals surface area contributed by atoms with Crippen LogP contribution in [0, 0.1) is 13.8 Å². The number of nitrogens with zero attached hydrogens (tertiary/aromatic N) is 2. The third-order valence-corrected chi connectivity index (χ3v) is 4.12. The van der Waals surface area contributed by atoms with Gasteiger partial charge in [-0.15, -0.1) is 0 Å². The van der Waals surface area contributed by atoms with Crippen LogP contribution in [0.1, 0.15) is 23.6 Å². The van der Waals surface area contributed by atoms with Crippen molar-refractivity contribution in [2.24, 2.45) is 0 Å². The maximum Gasteiger partial charge on any atom is 0.227 e. The number of hydrogen-bond donors (Lipinski definition) is 0. The average molecular weight is 304 g/mol. The molecule has 1 fully saturated rings. The highest BCUT2D eigenvalue weighted by Gasteiger charge is 2.23. The zero-order valence-corrected chi connectivity index (χ0v) is 13.8. The topological polar surface area (TPSA) is 49.9 Å². The first-order valence-electron chi connectivity index (χ1n) is 7.59. The third-order valence-electron chi connectivity index (χ3n) is 4.12. The molecule has 0 atom stereocenters. The smallest absolute Gasteiger partial charge is 0.227 e. The molecule has 0 bridgehead atoms. The summed E-state index contributed by atoms with van der Waals surface area (Å²) in [5.41, 5.74) is 3.10. The number of amides is 2. The molecule has 5 nitrogen and oxygen atoms in total. The van der Waals surface area contributed by atoms with Crippen LogP contribution in [-0.4, -0.2) is 54.9 Å². The van der Waals surface area contributed by atoms with E-state index in [1.807, 2.05) is 24.8 Å². The monoisotopic (exact) mass is 304 g/mol. The minimum absolute atomic E-state index is 0.0723. The molecule has 1 aliphatic rings. The molecule has 1 aromatic rings. The molecule has 120 valence electrons. The van der Waals surface area contributed by atoms with Crippen molar-refractivity contribution in [3.05, 3.63) is 28.8 Å². The number of aryl methyl sites for hydroxylation is 2. The van der Waals surface area contributed by atoms with Crippen molar-refractivity contribution in [1.82, 2.24) is 9.80 Å². The van der Waals surface area contributed by atoms with Crippen molar-refractivity contribution < 1.29 is 14.3 Å². The second-order valence-corrected chi connectivity index (χ2v) is 5.84. The Morgan fingerprint density at radius 2 is 1.68 bits per heavy atom. The van der Waals surface area contributed by atoms with Crippen molar-refractivity contribution in [1.29, 1.82) is 0 Å². The van der Waals surface area contributed by atoms with E-state index in [0.717, 1.165) is 22.4 Å². The zero-order valence-electron chi connectivity index (χ0n) is 13.8. The Kier molecular flexibility index (Phi) is 5.06. The van der Waals surface area contributed by atoms with Crippen LogP contribution in [0.4, 0.5) is 0 Å². The second kappa shape index (κ2) is 6.81. The Bertz CT molecular complexity index is 576. The molecule has 0 aliphatic carbocycles. The molecule has 0 N–H and O–H groups in total. The van der Waals surface area contributed by atoms with Crippen molar-refractivity contribution >= 4 is 11.8 Å². The molecule has 1 aliphatic heterocycles. The molecule has 0 radical (unpaired) electrons. The Morgan fingerprint density at radius 1 is 1.09 bits per heavy atom. The molecule has 5 heteroatoms. The summed E-state index contributed by atoms with van der Waals surface area (Å²) in [7, 11) is 1.64. The number of ether oxygens (including phenoxy) is 1. The summed E-state index contributed by atoms with van der Waals surface area (Å²) in [5.74, 6) is 0.955. The van der Waals surface area contributed by atoms with E-state index in [0.29, 0.717) is 32.6 Å². The van der Waals surface area contributed by atoms with Gasteiger partial charge in [0.25, 0.3) is 0 Å². The molecule has 0 saturated carbocycles. The second-order valence-electron chi connectivity index (χ2n) is 5.84. The molecule has 0 unspecified atom stereocenters. The number of hydrogen-bond acceptors (Lipinski definition) is 3. The Labute approximate surface area is 131 Å². The third kappa shape index (κ3) is 3.59. The van der Waals surface area contributed by atoms with E-state index in [1.165, 1.54) is 0 Å². The van der Waals surface area contributed by atoms with Gasteiger partial charge in [-0.2, -0.15) is 0 Å². The molecule has 2 amide bonds. The Hall–Kier alpha value is -2.04. The molecule has 0 spiro atoms. The van der Waals surface area contributed by atoms with Crippen LogP contribution in [0.5, 0.6) is 5.75 Å². The highest BCUT2D eigenvalue weighted by atomic mass is 16.5. The lowest BCUT2D eigenvalue weighted by molar-refractivity contribution is -0.138. The fourth-order valence-corrected chi connectivity index (χ4v) is 3.01. The maximum absolute atomic E-state index is 12.5. The fraction of sp³-hybridized carbons (Fsp3) is 0.529. The van der Waals surface area contributed by atoms with Gasteiger partial charge in [0.1, 0.15) is 5.75 Å². The normalized spacial score (nSPS) is 14.9. The highest BCUT2D eigenvalue weighted by Crippen LogP contribution is 2.26. The van der Waals surface area contributed by atoms with Crippen LogP contribution in [0.25, 0.3) is 0 Å². The van der Waals surface area contributed by atoms with Crippen LogP contribution in [0.15, 0.2) is 12.1 Å². The summed E-state index contributed by atoms with van der Waals surface area (Å²) >= 11 is 0.